The van der Waals surface area contributed by atoms with Gasteiger partial charge in [0.1, 0.15) is 11.3 Å². The molecule has 0 saturated carbocycles. The Morgan fingerprint density at radius 2 is 1.90 bits per heavy atom. The van der Waals surface area contributed by atoms with E-state index in [1.54, 1.807) is 45.0 Å². The van der Waals surface area contributed by atoms with Crippen molar-refractivity contribution in [2.45, 2.75) is 26.4 Å². The third-order valence-electron chi connectivity index (χ3n) is 2.76. The number of hydrogen-bond donors (Lipinski definition) is 1. The third-order valence-corrected chi connectivity index (χ3v) is 3.72. The summed E-state index contributed by atoms with van der Waals surface area (Å²) in [5, 5.41) is 10.3. The highest BCUT2D eigenvalue weighted by Crippen LogP contribution is 2.33. The van der Waals surface area contributed by atoms with Crippen LogP contribution in [0.4, 0.5) is 10.5 Å². The molecule has 2 rings (SSSR count). The lowest BCUT2D eigenvalue weighted by Gasteiger charge is -2.24. The van der Waals surface area contributed by atoms with E-state index < -0.39 is 17.1 Å². The maximum atomic E-state index is 12.5. The van der Waals surface area contributed by atoms with Crippen molar-refractivity contribution in [3.63, 3.8) is 0 Å². The molecule has 0 bridgehead atoms. The van der Waals surface area contributed by atoms with E-state index in [-0.39, 0.29) is 10.8 Å². The van der Waals surface area contributed by atoms with Gasteiger partial charge >= 0.3 is 6.09 Å². The SMILES string of the molecule is CN(C(=O)OC(C)(C)C)c1c(O)sc2ccccc2c1=O. The Bertz CT molecular complexity index is 745. The Kier molecular flexibility index (Phi) is 3.91. The molecule has 5 nitrogen and oxygen atoms in total. The Hall–Kier alpha value is -2.08. The highest BCUT2D eigenvalue weighted by molar-refractivity contribution is 7.20. The minimum atomic E-state index is -0.683. The minimum absolute atomic E-state index is 0.0621. The second-order valence-electron chi connectivity index (χ2n) is 5.62. The molecule has 0 aliphatic heterocycles. The molecule has 1 aromatic heterocycles. The molecule has 1 N–H and O–H groups in total. The molecule has 21 heavy (non-hydrogen) atoms. The first-order chi connectivity index (χ1) is 9.70. The molecule has 0 aliphatic rings. The van der Waals surface area contributed by atoms with Crippen LogP contribution in [0.25, 0.3) is 10.1 Å². The molecule has 2 aromatic rings. The zero-order valence-electron chi connectivity index (χ0n) is 12.3. The summed E-state index contributed by atoms with van der Waals surface area (Å²) in [5.74, 6) is 0. The van der Waals surface area contributed by atoms with Gasteiger partial charge in [-0.2, -0.15) is 0 Å². The maximum Gasteiger partial charge on any atom is 0.414 e. The number of rotatable bonds is 1. The van der Waals surface area contributed by atoms with Crippen molar-refractivity contribution >= 4 is 33.2 Å². The predicted molar refractivity (Wildman–Crippen MR) is 84.4 cm³/mol. The number of anilines is 1. The van der Waals surface area contributed by atoms with Gasteiger partial charge in [-0.25, -0.2) is 4.79 Å². The van der Waals surface area contributed by atoms with Crippen molar-refractivity contribution in [2.24, 2.45) is 0 Å². The second-order valence-corrected chi connectivity index (χ2v) is 6.65. The van der Waals surface area contributed by atoms with Crippen molar-refractivity contribution in [3.05, 3.63) is 34.5 Å². The summed E-state index contributed by atoms with van der Waals surface area (Å²) in [4.78, 5) is 25.6. The van der Waals surface area contributed by atoms with E-state index in [1.165, 1.54) is 7.05 Å². The normalized spacial score (nSPS) is 11.4. The Labute approximate surface area is 126 Å². The van der Waals surface area contributed by atoms with Crippen molar-refractivity contribution < 1.29 is 14.6 Å². The number of carbonyl (C=O) groups excluding carboxylic acids is 1. The molecule has 0 saturated heterocycles. The van der Waals surface area contributed by atoms with Gasteiger partial charge in [0, 0.05) is 17.1 Å². The molecule has 0 fully saturated rings. The van der Waals surface area contributed by atoms with E-state index in [1.807, 2.05) is 0 Å². The zero-order chi connectivity index (χ0) is 15.8. The number of benzene rings is 1. The molecule has 1 amide bonds. The molecule has 0 atom stereocenters. The van der Waals surface area contributed by atoms with E-state index in [9.17, 15) is 14.7 Å². The summed E-state index contributed by atoms with van der Waals surface area (Å²) in [6.07, 6.45) is -0.683. The van der Waals surface area contributed by atoms with Crippen LogP contribution in [0.5, 0.6) is 5.06 Å². The Balaban J connectivity index is 2.51. The molecule has 0 spiro atoms. The molecule has 0 radical (unpaired) electrons. The van der Waals surface area contributed by atoms with Crippen molar-refractivity contribution in [2.75, 3.05) is 11.9 Å². The second kappa shape index (κ2) is 5.37. The molecule has 6 heteroatoms. The number of nitrogens with zero attached hydrogens (tertiary/aromatic N) is 1. The van der Waals surface area contributed by atoms with Crippen LogP contribution >= 0.6 is 11.3 Å². The fourth-order valence-electron chi connectivity index (χ4n) is 1.84. The molecule has 1 aromatic carbocycles. The summed E-state index contributed by atoms with van der Waals surface area (Å²) in [7, 11) is 1.41. The number of amides is 1. The topological polar surface area (TPSA) is 66.8 Å². The predicted octanol–water partition coefficient (Wildman–Crippen LogP) is 3.34. The standard InChI is InChI=1S/C15H17NO4S/c1-15(2,3)20-14(19)16(4)11-12(17)9-7-5-6-8-10(9)21-13(11)18/h5-8,18H,1-4H3. The van der Waals surface area contributed by atoms with Gasteiger partial charge in [0.25, 0.3) is 0 Å². The molecular weight excluding hydrogens is 290 g/mol. The van der Waals surface area contributed by atoms with Gasteiger partial charge in [-0.05, 0) is 32.9 Å². The number of ether oxygens (including phenoxy) is 1. The van der Waals surface area contributed by atoms with Crippen molar-refractivity contribution in [1.82, 2.24) is 0 Å². The maximum absolute atomic E-state index is 12.5. The van der Waals surface area contributed by atoms with Crippen LogP contribution < -0.4 is 10.3 Å². The highest BCUT2D eigenvalue weighted by Gasteiger charge is 2.25. The highest BCUT2D eigenvalue weighted by atomic mass is 32.1. The van der Waals surface area contributed by atoms with Crippen LogP contribution in [-0.4, -0.2) is 23.8 Å². The summed E-state index contributed by atoms with van der Waals surface area (Å²) < 4.78 is 5.89. The van der Waals surface area contributed by atoms with Crippen LogP contribution in [0, 0.1) is 0 Å². The van der Waals surface area contributed by atoms with Crippen molar-refractivity contribution in [3.8, 4) is 5.06 Å². The molecule has 0 unspecified atom stereocenters. The summed E-state index contributed by atoms with van der Waals surface area (Å²) in [6, 6.07) is 6.94. The quantitative estimate of drug-likeness (QED) is 0.877. The summed E-state index contributed by atoms with van der Waals surface area (Å²) in [6.45, 7) is 5.21. The number of fused-ring (bicyclic) bond motifs is 1. The first kappa shape index (κ1) is 15.3. The van der Waals surface area contributed by atoms with Gasteiger partial charge in [0.2, 0.25) is 5.43 Å². The van der Waals surface area contributed by atoms with Crippen LogP contribution in [0.15, 0.2) is 29.1 Å². The lowest BCUT2D eigenvalue weighted by Crippen LogP contribution is -2.36. The van der Waals surface area contributed by atoms with Gasteiger partial charge < -0.3 is 9.84 Å². The monoisotopic (exact) mass is 307 g/mol. The smallest absolute Gasteiger partial charge is 0.414 e. The van der Waals surface area contributed by atoms with Gasteiger partial charge in [-0.1, -0.05) is 23.5 Å². The third kappa shape index (κ3) is 3.16. The van der Waals surface area contributed by atoms with Crippen LogP contribution in [0.2, 0.25) is 0 Å². The van der Waals surface area contributed by atoms with E-state index >= 15 is 0 Å². The van der Waals surface area contributed by atoms with Gasteiger partial charge in [-0.15, -0.1) is 0 Å². The molecule has 1 heterocycles. The number of carbonyl (C=O) groups is 1. The van der Waals surface area contributed by atoms with E-state index in [0.717, 1.165) is 16.2 Å². The molecular formula is C15H17NO4S. The van der Waals surface area contributed by atoms with E-state index in [4.69, 9.17) is 4.74 Å². The molecule has 0 aliphatic carbocycles. The zero-order valence-corrected chi connectivity index (χ0v) is 13.2. The Morgan fingerprint density at radius 1 is 1.29 bits per heavy atom. The van der Waals surface area contributed by atoms with E-state index in [0.29, 0.717) is 10.1 Å². The van der Waals surface area contributed by atoms with Crippen LogP contribution in [0.3, 0.4) is 0 Å². The minimum Gasteiger partial charge on any atom is -0.498 e. The number of aromatic hydroxyl groups is 1. The Morgan fingerprint density at radius 3 is 2.52 bits per heavy atom. The van der Waals surface area contributed by atoms with Crippen LogP contribution in [-0.2, 0) is 4.74 Å². The summed E-state index contributed by atoms with van der Waals surface area (Å²) in [5.41, 5.74) is -1.13. The van der Waals surface area contributed by atoms with Gasteiger partial charge in [0.05, 0.1) is 0 Å². The van der Waals surface area contributed by atoms with Crippen molar-refractivity contribution in [1.29, 1.82) is 0 Å². The summed E-state index contributed by atoms with van der Waals surface area (Å²) >= 11 is 1.05. The van der Waals surface area contributed by atoms with E-state index in [2.05, 4.69) is 0 Å². The fourth-order valence-corrected chi connectivity index (χ4v) is 2.79. The molecule has 112 valence electrons. The fraction of sp³-hybridized carbons (Fsp3) is 0.333. The lowest BCUT2D eigenvalue weighted by molar-refractivity contribution is 0.0588. The van der Waals surface area contributed by atoms with Gasteiger partial charge in [-0.3, -0.25) is 9.69 Å². The van der Waals surface area contributed by atoms with Crippen LogP contribution in [0.1, 0.15) is 20.8 Å². The largest absolute Gasteiger partial charge is 0.498 e. The average molecular weight is 307 g/mol. The van der Waals surface area contributed by atoms with Gasteiger partial charge in [0.15, 0.2) is 5.06 Å². The first-order valence-electron chi connectivity index (χ1n) is 6.42. The average Bonchev–Trinajstić information content (AvgIpc) is 2.36. The lowest BCUT2D eigenvalue weighted by atomic mass is 10.2. The number of hydrogen-bond acceptors (Lipinski definition) is 5. The first-order valence-corrected chi connectivity index (χ1v) is 7.24.